The molecule has 12 heteroatoms. The Kier molecular flexibility index (Phi) is 6.56. The Balaban J connectivity index is 2.40. The molecular weight excluding hydrogens is 343 g/mol. The van der Waals surface area contributed by atoms with Gasteiger partial charge >= 0.3 is 6.18 Å². The van der Waals surface area contributed by atoms with Gasteiger partial charge in [-0.3, -0.25) is 4.99 Å². The van der Waals surface area contributed by atoms with Crippen molar-refractivity contribution in [1.29, 1.82) is 0 Å². The Bertz CT molecular complexity index is 612. The van der Waals surface area contributed by atoms with E-state index in [0.717, 1.165) is 23.0 Å². The van der Waals surface area contributed by atoms with Crippen molar-refractivity contribution in [3.05, 3.63) is 16.1 Å². The van der Waals surface area contributed by atoms with Gasteiger partial charge in [0, 0.05) is 25.5 Å². The summed E-state index contributed by atoms with van der Waals surface area (Å²) in [6.07, 6.45) is -3.41. The number of thiazole rings is 1. The van der Waals surface area contributed by atoms with E-state index in [2.05, 4.69) is 25.3 Å². The van der Waals surface area contributed by atoms with E-state index < -0.39 is 21.9 Å². The van der Waals surface area contributed by atoms with Gasteiger partial charge in [0.2, 0.25) is 10.0 Å². The van der Waals surface area contributed by atoms with Gasteiger partial charge in [-0.2, -0.15) is 13.2 Å². The second kappa shape index (κ2) is 7.74. The number of nitrogens with one attached hydrogen (secondary N) is 3. The summed E-state index contributed by atoms with van der Waals surface area (Å²) in [5.74, 6) is 0.332. The highest BCUT2D eigenvalue weighted by molar-refractivity contribution is 7.88. The van der Waals surface area contributed by atoms with E-state index in [0.29, 0.717) is 5.96 Å². The zero-order chi connectivity index (χ0) is 16.8. The fourth-order valence-corrected chi connectivity index (χ4v) is 2.53. The van der Waals surface area contributed by atoms with E-state index in [1.165, 1.54) is 7.05 Å². The Morgan fingerprint density at radius 2 is 2.05 bits per heavy atom. The molecule has 1 heterocycles. The molecule has 1 aromatic heterocycles. The molecule has 0 aromatic carbocycles. The van der Waals surface area contributed by atoms with Crippen molar-refractivity contribution in [1.82, 2.24) is 20.3 Å². The van der Waals surface area contributed by atoms with Crippen molar-refractivity contribution in [2.75, 3.05) is 26.4 Å². The first-order valence-electron chi connectivity index (χ1n) is 6.02. The lowest BCUT2D eigenvalue weighted by molar-refractivity contribution is -0.140. The zero-order valence-electron chi connectivity index (χ0n) is 11.9. The molecule has 0 aliphatic carbocycles. The molecule has 0 aliphatic heterocycles. The van der Waals surface area contributed by atoms with Crippen molar-refractivity contribution in [3.8, 4) is 0 Å². The van der Waals surface area contributed by atoms with Crippen LogP contribution >= 0.6 is 11.3 Å². The molecule has 22 heavy (non-hydrogen) atoms. The van der Waals surface area contributed by atoms with Gasteiger partial charge in [0.05, 0.1) is 12.8 Å². The predicted octanol–water partition coefficient (Wildman–Crippen LogP) is 0.376. The number of guanidine groups is 1. The fourth-order valence-electron chi connectivity index (χ4n) is 1.32. The molecule has 0 saturated carbocycles. The van der Waals surface area contributed by atoms with Gasteiger partial charge in [-0.1, -0.05) is 0 Å². The van der Waals surface area contributed by atoms with Gasteiger partial charge in [-0.25, -0.2) is 18.1 Å². The Hall–Kier alpha value is -1.40. The minimum atomic E-state index is -4.45. The van der Waals surface area contributed by atoms with Crippen molar-refractivity contribution >= 4 is 27.3 Å². The third-order valence-electron chi connectivity index (χ3n) is 2.25. The monoisotopic (exact) mass is 359 g/mol. The second-order valence-electron chi connectivity index (χ2n) is 4.14. The number of hydrogen-bond donors (Lipinski definition) is 3. The minimum absolute atomic E-state index is 0.0833. The maximum atomic E-state index is 12.4. The SMILES string of the molecule is CN=C(NCCNS(C)(=O)=O)NCc1nc(C(F)(F)F)cs1. The summed E-state index contributed by atoms with van der Waals surface area (Å²) in [5.41, 5.74) is -0.922. The normalized spacial score (nSPS) is 13.2. The molecule has 3 N–H and O–H groups in total. The van der Waals surface area contributed by atoms with E-state index in [-0.39, 0.29) is 24.6 Å². The lowest BCUT2D eigenvalue weighted by Gasteiger charge is -2.10. The van der Waals surface area contributed by atoms with Crippen LogP contribution in [0.5, 0.6) is 0 Å². The van der Waals surface area contributed by atoms with Crippen LogP contribution in [-0.4, -0.2) is 45.8 Å². The van der Waals surface area contributed by atoms with E-state index in [9.17, 15) is 21.6 Å². The van der Waals surface area contributed by atoms with Gasteiger partial charge < -0.3 is 10.6 Å². The molecule has 126 valence electrons. The fraction of sp³-hybridized carbons (Fsp3) is 0.600. The zero-order valence-corrected chi connectivity index (χ0v) is 13.5. The highest BCUT2D eigenvalue weighted by Crippen LogP contribution is 2.29. The van der Waals surface area contributed by atoms with Gasteiger partial charge in [-0.15, -0.1) is 11.3 Å². The summed E-state index contributed by atoms with van der Waals surface area (Å²) in [5, 5.41) is 6.82. The first-order valence-corrected chi connectivity index (χ1v) is 8.79. The second-order valence-corrected chi connectivity index (χ2v) is 6.92. The summed E-state index contributed by atoms with van der Waals surface area (Å²) >= 11 is 0.893. The van der Waals surface area contributed by atoms with Crippen LogP contribution < -0.4 is 15.4 Å². The van der Waals surface area contributed by atoms with Gasteiger partial charge in [-0.05, 0) is 0 Å². The number of halogens is 3. The van der Waals surface area contributed by atoms with Crippen LogP contribution in [0, 0.1) is 0 Å². The van der Waals surface area contributed by atoms with E-state index in [1.54, 1.807) is 0 Å². The highest BCUT2D eigenvalue weighted by Gasteiger charge is 2.33. The number of hydrogen-bond acceptors (Lipinski definition) is 5. The molecule has 0 unspecified atom stereocenters. The van der Waals surface area contributed by atoms with Crippen LogP contribution in [-0.2, 0) is 22.7 Å². The Morgan fingerprint density at radius 3 is 2.55 bits per heavy atom. The molecular formula is C10H16F3N5O2S2. The molecule has 0 aliphatic rings. The van der Waals surface area contributed by atoms with Crippen LogP contribution in [0.25, 0.3) is 0 Å². The van der Waals surface area contributed by atoms with Crippen LogP contribution in [0.4, 0.5) is 13.2 Å². The molecule has 0 atom stereocenters. The molecule has 1 aromatic rings. The Labute approximate surface area is 130 Å². The first kappa shape index (κ1) is 18.6. The number of aromatic nitrogens is 1. The van der Waals surface area contributed by atoms with Crippen molar-refractivity contribution < 1.29 is 21.6 Å². The third-order valence-corrected chi connectivity index (χ3v) is 3.83. The third kappa shape index (κ3) is 7.04. The molecule has 0 radical (unpaired) electrons. The highest BCUT2D eigenvalue weighted by atomic mass is 32.2. The summed E-state index contributed by atoms with van der Waals surface area (Å²) in [6.45, 7) is 0.521. The van der Waals surface area contributed by atoms with Crippen LogP contribution in [0.2, 0.25) is 0 Å². The van der Waals surface area contributed by atoms with Gasteiger partial charge in [0.15, 0.2) is 11.7 Å². The van der Waals surface area contributed by atoms with E-state index in [4.69, 9.17) is 0 Å². The van der Waals surface area contributed by atoms with E-state index >= 15 is 0 Å². The smallest absolute Gasteiger partial charge is 0.355 e. The van der Waals surface area contributed by atoms with Gasteiger partial charge in [0.25, 0.3) is 0 Å². The minimum Gasteiger partial charge on any atom is -0.355 e. The quantitative estimate of drug-likeness (QED) is 0.388. The molecule has 0 fully saturated rings. The molecule has 0 saturated heterocycles. The van der Waals surface area contributed by atoms with Crippen molar-refractivity contribution in [2.45, 2.75) is 12.7 Å². The molecule has 0 amide bonds. The van der Waals surface area contributed by atoms with Gasteiger partial charge in [0.1, 0.15) is 5.01 Å². The Morgan fingerprint density at radius 1 is 1.36 bits per heavy atom. The lowest BCUT2D eigenvalue weighted by atomic mass is 10.5. The van der Waals surface area contributed by atoms with Crippen molar-refractivity contribution in [2.24, 2.45) is 4.99 Å². The topological polar surface area (TPSA) is 95.5 Å². The maximum Gasteiger partial charge on any atom is 0.434 e. The van der Waals surface area contributed by atoms with Crippen molar-refractivity contribution in [3.63, 3.8) is 0 Å². The largest absolute Gasteiger partial charge is 0.434 e. The summed E-state index contributed by atoms with van der Waals surface area (Å²) in [7, 11) is -1.77. The standard InChI is InChI=1S/C10H16F3N5O2S2/c1-14-9(15-3-4-17-22(2,19)20)16-5-8-18-7(6-21-8)10(11,12)13/h6,17H,3-5H2,1-2H3,(H2,14,15,16). The molecule has 7 nitrogen and oxygen atoms in total. The first-order chi connectivity index (χ1) is 10.1. The maximum absolute atomic E-state index is 12.4. The van der Waals surface area contributed by atoms with Crippen LogP contribution in [0.3, 0.4) is 0 Å². The average Bonchev–Trinajstić information content (AvgIpc) is 2.85. The van der Waals surface area contributed by atoms with Crippen LogP contribution in [0.1, 0.15) is 10.7 Å². The summed E-state index contributed by atoms with van der Waals surface area (Å²) in [6, 6.07) is 0. The van der Waals surface area contributed by atoms with E-state index in [1.807, 2.05) is 0 Å². The van der Waals surface area contributed by atoms with Crippen LogP contribution in [0.15, 0.2) is 10.4 Å². The summed E-state index contributed by atoms with van der Waals surface area (Å²) in [4.78, 5) is 7.34. The average molecular weight is 359 g/mol. The lowest BCUT2D eigenvalue weighted by Crippen LogP contribution is -2.41. The number of rotatable bonds is 6. The number of sulfonamides is 1. The molecule has 0 spiro atoms. The molecule has 1 rings (SSSR count). The summed E-state index contributed by atoms with van der Waals surface area (Å²) < 4.78 is 61.2. The number of aliphatic imine (C=N–C) groups is 1. The predicted molar refractivity (Wildman–Crippen MR) is 78.2 cm³/mol. The molecule has 0 bridgehead atoms. The number of alkyl halides is 3. The number of nitrogens with zero attached hydrogens (tertiary/aromatic N) is 2.